The molecule has 1 unspecified atom stereocenters. The number of aromatic nitrogens is 3. The minimum Gasteiger partial charge on any atom is -0.370 e. The molecule has 84 valence electrons. The Kier molecular flexibility index (Phi) is 2.98. The summed E-state index contributed by atoms with van der Waals surface area (Å²) >= 11 is 5.66. The summed E-state index contributed by atoms with van der Waals surface area (Å²) in [7, 11) is 0. The van der Waals surface area contributed by atoms with Gasteiger partial charge in [0.05, 0.1) is 29.8 Å². The molecule has 1 fully saturated rings. The zero-order valence-electron chi connectivity index (χ0n) is 9.11. The minimum atomic E-state index is 0.0144. The number of halogens is 1. The number of hydrogen-bond donors (Lipinski definition) is 0. The van der Waals surface area contributed by atoms with Crippen LogP contribution < -0.4 is 0 Å². The lowest BCUT2D eigenvalue weighted by molar-refractivity contribution is -0.0231. The SMILES string of the molecule is CC1(C)CCC(Cn2cc(CCl)nn2)O1. The highest BCUT2D eigenvalue weighted by Gasteiger charge is 2.31. The molecule has 0 radical (unpaired) electrons. The van der Waals surface area contributed by atoms with Crippen molar-refractivity contribution in [3.05, 3.63) is 11.9 Å². The summed E-state index contributed by atoms with van der Waals surface area (Å²) < 4.78 is 7.68. The molecule has 0 spiro atoms. The zero-order chi connectivity index (χ0) is 10.9. The Hall–Kier alpha value is -0.610. The molecule has 0 saturated carbocycles. The molecule has 1 aromatic heterocycles. The molecule has 0 aliphatic carbocycles. The molecule has 0 amide bonds. The fourth-order valence-corrected chi connectivity index (χ4v) is 2.03. The molecule has 1 aromatic rings. The molecule has 1 aliphatic rings. The summed E-state index contributed by atoms with van der Waals surface area (Å²) in [5, 5.41) is 7.94. The maximum Gasteiger partial charge on any atom is 0.0974 e. The third-order valence-corrected chi connectivity index (χ3v) is 2.94. The summed E-state index contributed by atoms with van der Waals surface area (Å²) in [5.74, 6) is 0.414. The van der Waals surface area contributed by atoms with Crippen molar-refractivity contribution in [2.24, 2.45) is 0 Å². The third kappa shape index (κ3) is 2.69. The highest BCUT2D eigenvalue weighted by Crippen LogP contribution is 2.29. The lowest BCUT2D eigenvalue weighted by atomic mass is 10.1. The van der Waals surface area contributed by atoms with Crippen LogP contribution in [0.3, 0.4) is 0 Å². The molecule has 1 aliphatic heterocycles. The van der Waals surface area contributed by atoms with Crippen molar-refractivity contribution in [2.75, 3.05) is 0 Å². The largest absolute Gasteiger partial charge is 0.370 e. The first-order valence-electron chi connectivity index (χ1n) is 5.22. The third-order valence-electron chi connectivity index (χ3n) is 2.67. The maximum absolute atomic E-state index is 5.87. The van der Waals surface area contributed by atoms with Crippen molar-refractivity contribution in [2.45, 2.75) is 50.8 Å². The number of alkyl halides is 1. The van der Waals surface area contributed by atoms with Crippen LogP contribution in [0, 0.1) is 0 Å². The average molecular weight is 230 g/mol. The summed E-state index contributed by atoms with van der Waals surface area (Å²) in [6.45, 7) is 5.02. The van der Waals surface area contributed by atoms with Crippen LogP contribution in [-0.4, -0.2) is 26.7 Å². The van der Waals surface area contributed by atoms with Gasteiger partial charge in [-0.3, -0.25) is 0 Å². The highest BCUT2D eigenvalue weighted by atomic mass is 35.5. The molecule has 4 nitrogen and oxygen atoms in total. The van der Waals surface area contributed by atoms with Crippen LogP contribution in [0.5, 0.6) is 0 Å². The normalized spacial score (nSPS) is 24.6. The van der Waals surface area contributed by atoms with Crippen molar-refractivity contribution >= 4 is 11.6 Å². The summed E-state index contributed by atoms with van der Waals surface area (Å²) in [6.07, 6.45) is 4.32. The van der Waals surface area contributed by atoms with E-state index in [1.165, 1.54) is 0 Å². The van der Waals surface area contributed by atoms with Crippen LogP contribution in [0.25, 0.3) is 0 Å². The standard InChI is InChI=1S/C10H16ClN3O/c1-10(2)4-3-9(15-10)7-14-6-8(5-11)12-13-14/h6,9H,3-5,7H2,1-2H3. The van der Waals surface area contributed by atoms with Crippen LogP contribution in [0.1, 0.15) is 32.4 Å². The minimum absolute atomic E-state index is 0.0144. The van der Waals surface area contributed by atoms with E-state index in [0.717, 1.165) is 25.1 Å². The van der Waals surface area contributed by atoms with Crippen LogP contribution in [0.2, 0.25) is 0 Å². The van der Waals surface area contributed by atoms with E-state index in [0.29, 0.717) is 5.88 Å². The van der Waals surface area contributed by atoms with Gasteiger partial charge >= 0.3 is 0 Å². The van der Waals surface area contributed by atoms with E-state index in [1.54, 1.807) is 0 Å². The molecular weight excluding hydrogens is 214 g/mol. The van der Waals surface area contributed by atoms with Gasteiger partial charge in [-0.05, 0) is 26.7 Å². The Morgan fingerprint density at radius 2 is 2.47 bits per heavy atom. The van der Waals surface area contributed by atoms with Crippen molar-refractivity contribution in [3.8, 4) is 0 Å². The topological polar surface area (TPSA) is 39.9 Å². The van der Waals surface area contributed by atoms with Gasteiger partial charge in [-0.1, -0.05) is 5.21 Å². The average Bonchev–Trinajstić information content (AvgIpc) is 2.73. The predicted molar refractivity (Wildman–Crippen MR) is 57.8 cm³/mol. The number of hydrogen-bond acceptors (Lipinski definition) is 3. The second kappa shape index (κ2) is 4.10. The van der Waals surface area contributed by atoms with Gasteiger partial charge in [0.25, 0.3) is 0 Å². The Morgan fingerprint density at radius 1 is 1.67 bits per heavy atom. The van der Waals surface area contributed by atoms with E-state index >= 15 is 0 Å². The molecule has 0 aromatic carbocycles. The van der Waals surface area contributed by atoms with Crippen molar-refractivity contribution in [3.63, 3.8) is 0 Å². The fraction of sp³-hybridized carbons (Fsp3) is 0.800. The van der Waals surface area contributed by atoms with E-state index < -0.39 is 0 Å². The zero-order valence-corrected chi connectivity index (χ0v) is 9.87. The van der Waals surface area contributed by atoms with Gasteiger partial charge in [0.15, 0.2) is 0 Å². The van der Waals surface area contributed by atoms with Crippen LogP contribution in [0.15, 0.2) is 6.20 Å². The first kappa shape index (κ1) is 10.9. The lowest BCUT2D eigenvalue weighted by Crippen LogP contribution is -2.23. The van der Waals surface area contributed by atoms with Crippen molar-refractivity contribution in [1.29, 1.82) is 0 Å². The lowest BCUT2D eigenvalue weighted by Gasteiger charge is -2.18. The summed E-state index contributed by atoms with van der Waals surface area (Å²) in [4.78, 5) is 0. The summed E-state index contributed by atoms with van der Waals surface area (Å²) in [5.41, 5.74) is 0.828. The van der Waals surface area contributed by atoms with Gasteiger partial charge in [-0.25, -0.2) is 4.68 Å². The fourth-order valence-electron chi connectivity index (χ4n) is 1.90. The van der Waals surface area contributed by atoms with Gasteiger partial charge < -0.3 is 4.74 Å². The van der Waals surface area contributed by atoms with Crippen LogP contribution in [-0.2, 0) is 17.2 Å². The van der Waals surface area contributed by atoms with Gasteiger partial charge in [0.1, 0.15) is 0 Å². The Balaban J connectivity index is 1.92. The smallest absolute Gasteiger partial charge is 0.0974 e. The second-order valence-corrected chi connectivity index (χ2v) is 4.87. The predicted octanol–water partition coefficient (Wildman–Crippen LogP) is 1.97. The Bertz CT molecular complexity index is 337. The van der Waals surface area contributed by atoms with E-state index in [1.807, 2.05) is 10.9 Å². The van der Waals surface area contributed by atoms with Crippen molar-refractivity contribution < 1.29 is 4.74 Å². The second-order valence-electron chi connectivity index (χ2n) is 4.60. The molecule has 1 atom stereocenters. The van der Waals surface area contributed by atoms with E-state index in [2.05, 4.69) is 24.2 Å². The van der Waals surface area contributed by atoms with Gasteiger partial charge in [-0.15, -0.1) is 16.7 Å². The first-order valence-corrected chi connectivity index (χ1v) is 5.75. The number of ether oxygens (including phenoxy) is 1. The molecular formula is C10H16ClN3O. The number of nitrogens with zero attached hydrogens (tertiary/aromatic N) is 3. The molecule has 15 heavy (non-hydrogen) atoms. The van der Waals surface area contributed by atoms with Gasteiger partial charge in [0, 0.05) is 6.20 Å². The maximum atomic E-state index is 5.87. The quantitative estimate of drug-likeness (QED) is 0.745. The van der Waals surface area contributed by atoms with Gasteiger partial charge in [0.2, 0.25) is 0 Å². The Morgan fingerprint density at radius 3 is 3.00 bits per heavy atom. The van der Waals surface area contributed by atoms with E-state index in [4.69, 9.17) is 16.3 Å². The van der Waals surface area contributed by atoms with Gasteiger partial charge in [-0.2, -0.15) is 0 Å². The monoisotopic (exact) mass is 229 g/mol. The van der Waals surface area contributed by atoms with E-state index in [-0.39, 0.29) is 11.7 Å². The summed E-state index contributed by atoms with van der Waals surface area (Å²) in [6, 6.07) is 0. The molecule has 2 heterocycles. The van der Waals surface area contributed by atoms with E-state index in [9.17, 15) is 0 Å². The molecule has 5 heteroatoms. The molecule has 0 N–H and O–H groups in total. The first-order chi connectivity index (χ1) is 7.09. The molecule has 0 bridgehead atoms. The number of rotatable bonds is 3. The molecule has 2 rings (SSSR count). The van der Waals surface area contributed by atoms with Crippen LogP contribution >= 0.6 is 11.6 Å². The highest BCUT2D eigenvalue weighted by molar-refractivity contribution is 6.16. The van der Waals surface area contributed by atoms with Crippen LogP contribution in [0.4, 0.5) is 0 Å². The van der Waals surface area contributed by atoms with Crippen molar-refractivity contribution in [1.82, 2.24) is 15.0 Å². The molecule has 1 saturated heterocycles. The Labute approximate surface area is 94.6 Å².